The second-order valence-corrected chi connectivity index (χ2v) is 5.84. The topological polar surface area (TPSA) is 21.3 Å². The summed E-state index contributed by atoms with van der Waals surface area (Å²) in [5, 5.41) is 4.30. The van der Waals surface area contributed by atoms with E-state index in [4.69, 9.17) is 16.3 Å². The highest BCUT2D eigenvalue weighted by molar-refractivity contribution is 6.32. The first-order valence-electron chi connectivity index (χ1n) is 7.08. The molecule has 0 saturated carbocycles. The first-order chi connectivity index (χ1) is 9.01. The van der Waals surface area contributed by atoms with Crippen LogP contribution in [0.25, 0.3) is 0 Å². The predicted octanol–water partition coefficient (Wildman–Crippen LogP) is 4.68. The van der Waals surface area contributed by atoms with Gasteiger partial charge in [-0.1, -0.05) is 45.4 Å². The molecule has 2 atom stereocenters. The third-order valence-corrected chi connectivity index (χ3v) is 4.04. The Bertz CT molecular complexity index is 392. The van der Waals surface area contributed by atoms with Crippen LogP contribution in [-0.4, -0.2) is 13.7 Å². The van der Waals surface area contributed by atoms with Gasteiger partial charge in [-0.05, 0) is 42.5 Å². The van der Waals surface area contributed by atoms with Crippen LogP contribution < -0.4 is 10.1 Å². The predicted molar refractivity (Wildman–Crippen MR) is 83.0 cm³/mol. The van der Waals surface area contributed by atoms with Crippen molar-refractivity contribution in [1.29, 1.82) is 0 Å². The van der Waals surface area contributed by atoms with Crippen LogP contribution in [0.2, 0.25) is 5.02 Å². The highest BCUT2D eigenvalue weighted by Gasteiger charge is 2.22. The van der Waals surface area contributed by atoms with Crippen molar-refractivity contribution >= 4 is 11.6 Å². The average molecular weight is 284 g/mol. The van der Waals surface area contributed by atoms with E-state index in [0.29, 0.717) is 22.9 Å². The molecule has 0 heterocycles. The second kappa shape index (κ2) is 7.76. The Labute approximate surface area is 122 Å². The lowest BCUT2D eigenvalue weighted by molar-refractivity contribution is 0.303. The maximum atomic E-state index is 6.10. The Kier molecular flexibility index (Phi) is 6.67. The van der Waals surface area contributed by atoms with Gasteiger partial charge in [-0.3, -0.25) is 0 Å². The number of halogens is 1. The van der Waals surface area contributed by atoms with Crippen LogP contribution in [0.1, 0.15) is 45.7 Å². The summed E-state index contributed by atoms with van der Waals surface area (Å²) >= 11 is 6.10. The molecular formula is C16H26ClNO. The molecule has 1 aromatic carbocycles. The fourth-order valence-corrected chi connectivity index (χ4v) is 2.36. The minimum Gasteiger partial charge on any atom is -0.495 e. The van der Waals surface area contributed by atoms with Gasteiger partial charge in [-0.2, -0.15) is 0 Å². The van der Waals surface area contributed by atoms with Crippen molar-refractivity contribution in [3.8, 4) is 5.75 Å². The molecule has 0 aromatic heterocycles. The van der Waals surface area contributed by atoms with Crippen LogP contribution in [0.4, 0.5) is 0 Å². The summed E-state index contributed by atoms with van der Waals surface area (Å²) in [4.78, 5) is 0. The normalized spacial score (nSPS) is 14.5. The number of rotatable bonds is 7. The Morgan fingerprint density at radius 1 is 1.26 bits per heavy atom. The summed E-state index contributed by atoms with van der Waals surface area (Å²) in [5.74, 6) is 1.92. The number of nitrogens with one attached hydrogen (secondary N) is 1. The fraction of sp³-hybridized carbons (Fsp3) is 0.625. The molecule has 2 nitrogen and oxygen atoms in total. The summed E-state index contributed by atoms with van der Waals surface area (Å²) in [6.45, 7) is 10.0. The minimum atomic E-state index is 0.339. The second-order valence-electron chi connectivity index (χ2n) is 5.43. The van der Waals surface area contributed by atoms with Crippen LogP contribution in [0.15, 0.2) is 18.2 Å². The lowest BCUT2D eigenvalue weighted by Crippen LogP contribution is -2.30. The molecule has 0 aliphatic heterocycles. The van der Waals surface area contributed by atoms with Gasteiger partial charge in [-0.15, -0.1) is 0 Å². The van der Waals surface area contributed by atoms with Gasteiger partial charge in [0.15, 0.2) is 0 Å². The highest BCUT2D eigenvalue weighted by Crippen LogP contribution is 2.33. The number of hydrogen-bond acceptors (Lipinski definition) is 2. The van der Waals surface area contributed by atoms with Gasteiger partial charge >= 0.3 is 0 Å². The molecule has 19 heavy (non-hydrogen) atoms. The van der Waals surface area contributed by atoms with Gasteiger partial charge in [0.05, 0.1) is 12.1 Å². The zero-order valence-electron chi connectivity index (χ0n) is 12.7. The first kappa shape index (κ1) is 16.3. The molecule has 2 unspecified atom stereocenters. The van der Waals surface area contributed by atoms with E-state index in [9.17, 15) is 0 Å². The van der Waals surface area contributed by atoms with Crippen LogP contribution in [0, 0.1) is 11.8 Å². The van der Waals surface area contributed by atoms with Crippen molar-refractivity contribution in [2.75, 3.05) is 13.7 Å². The summed E-state index contributed by atoms with van der Waals surface area (Å²) in [6.07, 6.45) is 1.13. The standard InChI is InChI=1S/C16H26ClNO/c1-6-9-18-16(12(4)11(2)3)13-7-8-14(17)15(10-13)19-5/h7-8,10-12,16,18H,6,9H2,1-5H3. The van der Waals surface area contributed by atoms with E-state index in [0.717, 1.165) is 18.7 Å². The molecule has 1 aromatic rings. The first-order valence-corrected chi connectivity index (χ1v) is 7.45. The Morgan fingerprint density at radius 2 is 1.95 bits per heavy atom. The van der Waals surface area contributed by atoms with Crippen molar-refractivity contribution in [3.63, 3.8) is 0 Å². The van der Waals surface area contributed by atoms with Gasteiger partial charge in [-0.25, -0.2) is 0 Å². The van der Waals surface area contributed by atoms with Crippen molar-refractivity contribution in [1.82, 2.24) is 5.32 Å². The molecule has 3 heteroatoms. The zero-order chi connectivity index (χ0) is 14.4. The molecule has 1 rings (SSSR count). The molecule has 0 fully saturated rings. The fourth-order valence-electron chi connectivity index (χ4n) is 2.16. The Morgan fingerprint density at radius 3 is 2.47 bits per heavy atom. The van der Waals surface area contributed by atoms with E-state index in [1.165, 1.54) is 5.56 Å². The van der Waals surface area contributed by atoms with Crippen molar-refractivity contribution in [2.45, 2.75) is 40.2 Å². The molecule has 1 N–H and O–H groups in total. The maximum Gasteiger partial charge on any atom is 0.137 e. The molecule has 0 amide bonds. The summed E-state index contributed by atoms with van der Waals surface area (Å²) in [6, 6.07) is 6.40. The smallest absolute Gasteiger partial charge is 0.137 e. The van der Waals surface area contributed by atoms with Gasteiger partial charge in [0.25, 0.3) is 0 Å². The minimum absolute atomic E-state index is 0.339. The average Bonchev–Trinajstić information content (AvgIpc) is 2.40. The molecule has 0 spiro atoms. The lowest BCUT2D eigenvalue weighted by atomic mass is 9.86. The van der Waals surface area contributed by atoms with E-state index in [1.807, 2.05) is 6.07 Å². The number of methoxy groups -OCH3 is 1. The monoisotopic (exact) mass is 283 g/mol. The lowest BCUT2D eigenvalue weighted by Gasteiger charge is -2.29. The maximum absolute atomic E-state index is 6.10. The number of ether oxygens (including phenoxy) is 1. The molecule has 0 bridgehead atoms. The van der Waals surface area contributed by atoms with Crippen LogP contribution in [0.5, 0.6) is 5.75 Å². The van der Waals surface area contributed by atoms with Crippen molar-refractivity contribution in [2.24, 2.45) is 11.8 Å². The zero-order valence-corrected chi connectivity index (χ0v) is 13.4. The third-order valence-electron chi connectivity index (χ3n) is 3.73. The van der Waals surface area contributed by atoms with E-state index >= 15 is 0 Å². The van der Waals surface area contributed by atoms with Crippen molar-refractivity contribution in [3.05, 3.63) is 28.8 Å². The number of benzene rings is 1. The van der Waals surface area contributed by atoms with E-state index < -0.39 is 0 Å². The van der Waals surface area contributed by atoms with Crippen LogP contribution >= 0.6 is 11.6 Å². The quantitative estimate of drug-likeness (QED) is 0.784. The molecule has 0 saturated heterocycles. The van der Waals surface area contributed by atoms with Gasteiger partial charge in [0.1, 0.15) is 5.75 Å². The summed E-state index contributed by atoms with van der Waals surface area (Å²) < 4.78 is 5.32. The van der Waals surface area contributed by atoms with E-state index in [1.54, 1.807) is 7.11 Å². The van der Waals surface area contributed by atoms with Crippen LogP contribution in [0.3, 0.4) is 0 Å². The highest BCUT2D eigenvalue weighted by atomic mass is 35.5. The summed E-state index contributed by atoms with van der Waals surface area (Å²) in [5.41, 5.74) is 1.25. The molecular weight excluding hydrogens is 258 g/mol. The number of hydrogen-bond donors (Lipinski definition) is 1. The van der Waals surface area contributed by atoms with Gasteiger partial charge in [0.2, 0.25) is 0 Å². The van der Waals surface area contributed by atoms with Gasteiger partial charge in [0, 0.05) is 6.04 Å². The third kappa shape index (κ3) is 4.39. The SMILES string of the molecule is CCCNC(c1ccc(Cl)c(OC)c1)C(C)C(C)C. The Balaban J connectivity index is 3.02. The van der Waals surface area contributed by atoms with E-state index in [2.05, 4.69) is 45.1 Å². The molecule has 0 aliphatic carbocycles. The van der Waals surface area contributed by atoms with Crippen LogP contribution in [-0.2, 0) is 0 Å². The van der Waals surface area contributed by atoms with Gasteiger partial charge < -0.3 is 10.1 Å². The molecule has 0 radical (unpaired) electrons. The molecule has 0 aliphatic rings. The summed E-state index contributed by atoms with van der Waals surface area (Å²) in [7, 11) is 1.66. The van der Waals surface area contributed by atoms with Crippen molar-refractivity contribution < 1.29 is 4.74 Å². The molecule has 108 valence electrons. The Hall–Kier alpha value is -0.730. The van der Waals surface area contributed by atoms with E-state index in [-0.39, 0.29) is 0 Å². The largest absolute Gasteiger partial charge is 0.495 e.